The van der Waals surface area contributed by atoms with Gasteiger partial charge in [0.25, 0.3) is 0 Å². The molecule has 0 amide bonds. The predicted molar refractivity (Wildman–Crippen MR) is 108 cm³/mol. The highest BCUT2D eigenvalue weighted by Gasteiger charge is 2.20. The lowest BCUT2D eigenvalue weighted by molar-refractivity contribution is -0.148. The van der Waals surface area contributed by atoms with E-state index in [0.29, 0.717) is 19.6 Å². The number of benzene rings is 1. The van der Waals surface area contributed by atoms with E-state index in [1.807, 2.05) is 26.0 Å². The number of rotatable bonds is 15. The van der Waals surface area contributed by atoms with Gasteiger partial charge in [-0.25, -0.2) is 0 Å². The molecule has 27 heavy (non-hydrogen) atoms. The Morgan fingerprint density at radius 2 is 1.74 bits per heavy atom. The second-order valence-corrected chi connectivity index (χ2v) is 8.52. The van der Waals surface area contributed by atoms with Crippen LogP contribution in [0.25, 0.3) is 0 Å². The van der Waals surface area contributed by atoms with E-state index >= 15 is 0 Å². The van der Waals surface area contributed by atoms with Crippen molar-refractivity contribution in [3.8, 4) is 11.5 Å². The van der Waals surface area contributed by atoms with Gasteiger partial charge in [-0.2, -0.15) is 0 Å². The van der Waals surface area contributed by atoms with Crippen LogP contribution < -0.4 is 14.7 Å². The smallest absolute Gasteiger partial charge is 0.307 e. The molecule has 0 saturated heterocycles. The first-order chi connectivity index (χ1) is 13.0. The molecule has 0 aromatic heterocycles. The van der Waals surface area contributed by atoms with Crippen LogP contribution in [-0.4, -0.2) is 44.9 Å². The highest BCUT2D eigenvalue weighted by molar-refractivity contribution is 6.54. The van der Waals surface area contributed by atoms with Crippen molar-refractivity contribution in [2.75, 3.05) is 13.2 Å². The van der Waals surface area contributed by atoms with Gasteiger partial charge in [0.15, 0.2) is 11.5 Å². The summed E-state index contributed by atoms with van der Waals surface area (Å²) in [4.78, 5) is 21.7. The van der Waals surface area contributed by atoms with Crippen molar-refractivity contribution in [2.45, 2.75) is 58.4 Å². The average molecular weight is 397 g/mol. The van der Waals surface area contributed by atoms with Crippen LogP contribution in [-0.2, 0) is 9.59 Å². The quantitative estimate of drug-likeness (QED) is 0.350. The maximum atomic E-state index is 11.0. The normalized spacial score (nSPS) is 12.2. The summed E-state index contributed by atoms with van der Waals surface area (Å²) in [5, 5.41) is 19.1. The summed E-state index contributed by atoms with van der Waals surface area (Å²) in [6.45, 7) is 5.17. The summed E-state index contributed by atoms with van der Waals surface area (Å²) >= 11 is 0. The highest BCUT2D eigenvalue weighted by atomic mass is 28.2. The van der Waals surface area contributed by atoms with Crippen LogP contribution in [0.4, 0.5) is 0 Å². The third-order valence-corrected chi connectivity index (χ3v) is 6.37. The summed E-state index contributed by atoms with van der Waals surface area (Å²) < 4.78 is 11.5. The van der Waals surface area contributed by atoms with Crippen LogP contribution in [0.5, 0.6) is 11.5 Å². The topological polar surface area (TPSA) is 93.1 Å². The minimum Gasteiger partial charge on any atom is -0.490 e. The second kappa shape index (κ2) is 13.2. The molecule has 1 aromatic rings. The summed E-state index contributed by atoms with van der Waals surface area (Å²) in [6.07, 6.45) is 3.99. The van der Waals surface area contributed by atoms with Crippen molar-refractivity contribution in [1.82, 2.24) is 0 Å². The Kier molecular flexibility index (Phi) is 11.2. The molecule has 152 valence electrons. The van der Waals surface area contributed by atoms with Gasteiger partial charge in [-0.1, -0.05) is 43.9 Å². The van der Waals surface area contributed by atoms with E-state index in [2.05, 4.69) is 6.07 Å². The minimum absolute atomic E-state index is 0.293. The number of hydrogen-bond donors (Lipinski definition) is 2. The van der Waals surface area contributed by atoms with Gasteiger partial charge in [0, 0.05) is 0 Å². The van der Waals surface area contributed by atoms with E-state index in [0.717, 1.165) is 43.2 Å². The molecule has 0 heterocycles. The fraction of sp³-hybridized carbons (Fsp3) is 0.600. The number of para-hydroxylation sites is 1. The van der Waals surface area contributed by atoms with E-state index in [9.17, 15) is 9.59 Å². The molecule has 2 N–H and O–H groups in total. The Balaban J connectivity index is 2.35. The van der Waals surface area contributed by atoms with Gasteiger partial charge < -0.3 is 19.7 Å². The van der Waals surface area contributed by atoms with Crippen LogP contribution >= 0.6 is 0 Å². The lowest BCUT2D eigenvalue weighted by Gasteiger charge is -2.15. The van der Waals surface area contributed by atoms with Gasteiger partial charge in [0.2, 0.25) is 0 Å². The SMILES string of the molecule is CCOc1cccc([SiH2]CCCCCCC(CC(=O)O)C(=O)O)c1OCC. The van der Waals surface area contributed by atoms with E-state index < -0.39 is 27.4 Å². The monoisotopic (exact) mass is 396 g/mol. The number of aliphatic carboxylic acids is 2. The molecule has 0 aliphatic heterocycles. The molecule has 1 aromatic carbocycles. The molecule has 0 saturated carbocycles. The first-order valence-corrected chi connectivity index (χ1v) is 11.5. The van der Waals surface area contributed by atoms with Gasteiger partial charge in [-0.3, -0.25) is 9.59 Å². The lowest BCUT2D eigenvalue weighted by Crippen LogP contribution is -2.18. The Morgan fingerprint density at radius 1 is 1.04 bits per heavy atom. The Morgan fingerprint density at radius 3 is 2.37 bits per heavy atom. The lowest BCUT2D eigenvalue weighted by atomic mass is 9.98. The Labute approximate surface area is 163 Å². The maximum Gasteiger partial charge on any atom is 0.307 e. The van der Waals surface area contributed by atoms with Gasteiger partial charge >= 0.3 is 11.9 Å². The van der Waals surface area contributed by atoms with E-state index in [-0.39, 0.29) is 6.42 Å². The Bertz CT molecular complexity index is 590. The molecule has 0 fully saturated rings. The van der Waals surface area contributed by atoms with E-state index in [1.54, 1.807) is 0 Å². The molecule has 0 bridgehead atoms. The number of ether oxygens (including phenoxy) is 2. The first-order valence-electron chi connectivity index (χ1n) is 9.81. The molecule has 1 rings (SSSR count). The number of unbranched alkanes of at least 4 members (excludes halogenated alkanes) is 3. The van der Waals surface area contributed by atoms with Gasteiger partial charge in [-0.05, 0) is 31.5 Å². The fourth-order valence-electron chi connectivity index (χ4n) is 3.10. The Hall–Kier alpha value is -2.02. The van der Waals surface area contributed by atoms with Gasteiger partial charge in [-0.15, -0.1) is 0 Å². The summed E-state index contributed by atoms with van der Waals surface area (Å²) in [5.74, 6) is -1.11. The maximum absolute atomic E-state index is 11.0. The van der Waals surface area contributed by atoms with Crippen molar-refractivity contribution in [2.24, 2.45) is 5.92 Å². The number of carboxylic acids is 2. The van der Waals surface area contributed by atoms with Gasteiger partial charge in [0.1, 0.15) is 0 Å². The summed E-state index contributed by atoms with van der Waals surface area (Å²) in [6, 6.07) is 7.25. The van der Waals surface area contributed by atoms with Crippen LogP contribution in [0.3, 0.4) is 0 Å². The van der Waals surface area contributed by atoms with Crippen molar-refractivity contribution in [3.63, 3.8) is 0 Å². The summed E-state index contributed by atoms with van der Waals surface area (Å²) in [7, 11) is -0.454. The zero-order valence-electron chi connectivity index (χ0n) is 16.4. The standard InChI is InChI=1S/C20H32O6Si/c1-3-25-16-11-9-12-17(19(16)26-4-2)27-13-8-6-5-7-10-15(20(23)24)14-18(21)22/h9,11-12,15H,3-8,10,13-14,27H2,1-2H3,(H,21,22)(H,23,24). The first kappa shape index (κ1) is 23.0. The predicted octanol–water partition coefficient (Wildman–Crippen LogP) is 2.82. The van der Waals surface area contributed by atoms with Crippen LogP contribution in [0.2, 0.25) is 6.04 Å². The molecular weight excluding hydrogens is 364 g/mol. The summed E-state index contributed by atoms with van der Waals surface area (Å²) in [5.41, 5.74) is 0. The third kappa shape index (κ3) is 8.95. The molecule has 1 atom stereocenters. The molecule has 0 spiro atoms. The van der Waals surface area contributed by atoms with E-state index in [1.165, 1.54) is 5.19 Å². The van der Waals surface area contributed by atoms with Crippen LogP contribution in [0.1, 0.15) is 52.4 Å². The average Bonchev–Trinajstić information content (AvgIpc) is 2.62. The molecule has 0 aliphatic carbocycles. The zero-order chi connectivity index (χ0) is 20.1. The largest absolute Gasteiger partial charge is 0.490 e. The van der Waals surface area contributed by atoms with Crippen molar-refractivity contribution in [1.29, 1.82) is 0 Å². The van der Waals surface area contributed by atoms with Crippen LogP contribution in [0.15, 0.2) is 18.2 Å². The number of hydrogen-bond acceptors (Lipinski definition) is 4. The third-order valence-electron chi connectivity index (χ3n) is 4.42. The molecule has 7 heteroatoms. The van der Waals surface area contributed by atoms with Crippen molar-refractivity contribution < 1.29 is 29.3 Å². The number of carbonyl (C=O) groups is 2. The highest BCUT2D eigenvalue weighted by Crippen LogP contribution is 2.25. The van der Waals surface area contributed by atoms with Crippen LogP contribution in [0, 0.1) is 5.92 Å². The van der Waals surface area contributed by atoms with E-state index in [4.69, 9.17) is 19.7 Å². The molecule has 0 radical (unpaired) electrons. The zero-order valence-corrected chi connectivity index (χ0v) is 17.8. The minimum atomic E-state index is -1.05. The number of carboxylic acid groups (broad SMARTS) is 2. The fourth-order valence-corrected chi connectivity index (χ4v) is 4.89. The molecular formula is C20H32O6Si. The van der Waals surface area contributed by atoms with Crippen molar-refractivity contribution >= 4 is 26.6 Å². The molecule has 1 unspecified atom stereocenters. The van der Waals surface area contributed by atoms with Crippen molar-refractivity contribution in [3.05, 3.63) is 18.2 Å². The second-order valence-electron chi connectivity index (χ2n) is 6.55. The van der Waals surface area contributed by atoms with Gasteiger partial charge in [0.05, 0.1) is 35.1 Å². The molecule has 6 nitrogen and oxygen atoms in total. The molecule has 0 aliphatic rings.